The maximum Gasteiger partial charge on any atom is 0.418 e. The summed E-state index contributed by atoms with van der Waals surface area (Å²) in [4.78, 5) is 31.3. The number of nitrogens with zero attached hydrogens (tertiary/aromatic N) is 5. The van der Waals surface area contributed by atoms with E-state index in [1.165, 1.54) is 11.2 Å². The SMILES string of the molecule is CCn1cnc2c1[C@@H](C(=O)NN1CCOCC1)N1CC2N(OS(=O)(=O)O)C1=O. The Balaban J connectivity index is 1.69. The van der Waals surface area contributed by atoms with Crippen LogP contribution in [0.4, 0.5) is 4.79 Å². The number of hydrogen-bond donors (Lipinski definition) is 2. The highest BCUT2D eigenvalue weighted by Gasteiger charge is 2.54. The molecule has 14 heteroatoms. The summed E-state index contributed by atoms with van der Waals surface area (Å²) in [5.74, 6) is -0.446. The summed E-state index contributed by atoms with van der Waals surface area (Å²) in [7, 11) is -4.92. The highest BCUT2D eigenvalue weighted by molar-refractivity contribution is 7.80. The average Bonchev–Trinajstić information content (AvgIpc) is 3.18. The zero-order valence-corrected chi connectivity index (χ0v) is 15.8. The maximum absolute atomic E-state index is 13.1. The van der Waals surface area contributed by atoms with Gasteiger partial charge in [-0.3, -0.25) is 14.8 Å². The van der Waals surface area contributed by atoms with Gasteiger partial charge in [0, 0.05) is 19.6 Å². The van der Waals surface area contributed by atoms with E-state index in [4.69, 9.17) is 9.29 Å². The van der Waals surface area contributed by atoms with Crippen molar-refractivity contribution in [3.63, 3.8) is 0 Å². The molecule has 3 aliphatic rings. The first kappa shape index (κ1) is 19.1. The van der Waals surface area contributed by atoms with Crippen LogP contribution in [0.3, 0.4) is 0 Å². The monoisotopic (exact) mass is 416 g/mol. The lowest BCUT2D eigenvalue weighted by Gasteiger charge is -2.33. The van der Waals surface area contributed by atoms with E-state index in [-0.39, 0.29) is 6.54 Å². The van der Waals surface area contributed by atoms with Crippen molar-refractivity contribution in [1.82, 2.24) is 29.9 Å². The Hall–Kier alpha value is -2.26. The van der Waals surface area contributed by atoms with Crippen LogP contribution in [0.2, 0.25) is 0 Å². The van der Waals surface area contributed by atoms with Crippen LogP contribution in [0, 0.1) is 0 Å². The van der Waals surface area contributed by atoms with Gasteiger partial charge in [0.15, 0.2) is 6.04 Å². The molecule has 0 aliphatic carbocycles. The summed E-state index contributed by atoms with van der Waals surface area (Å²) in [5.41, 5.74) is 3.63. The van der Waals surface area contributed by atoms with Crippen LogP contribution >= 0.6 is 0 Å². The molecule has 1 aromatic rings. The lowest BCUT2D eigenvalue weighted by molar-refractivity contribution is -0.133. The summed E-state index contributed by atoms with van der Waals surface area (Å²) in [6.45, 7) is 4.33. The van der Waals surface area contributed by atoms with Crippen LogP contribution in [0.15, 0.2) is 6.33 Å². The smallest absolute Gasteiger partial charge is 0.379 e. The Bertz CT molecular complexity index is 896. The standard InChI is InChI=1S/C14H20N6O7S/c1-2-17-8-15-10-9-7-19(14(22)20(9)27-28(23,24)25)12(11(10)17)13(21)16-18-3-5-26-6-4-18/h8-9,12H,2-7H2,1H3,(H,16,21)(H,23,24,25)/t9?,12-/m0/s1. The molecule has 2 saturated heterocycles. The number of urea groups is 1. The molecule has 4 rings (SSSR count). The first-order valence-electron chi connectivity index (χ1n) is 8.75. The summed E-state index contributed by atoms with van der Waals surface area (Å²) in [5, 5.41) is 2.25. The number of carbonyl (C=O) groups is 2. The average molecular weight is 416 g/mol. The molecule has 0 radical (unpaired) electrons. The Kier molecular flexibility index (Phi) is 4.75. The highest BCUT2D eigenvalue weighted by atomic mass is 32.3. The quantitative estimate of drug-likeness (QED) is 0.567. The molecule has 2 N–H and O–H groups in total. The van der Waals surface area contributed by atoms with E-state index in [0.29, 0.717) is 49.3 Å². The van der Waals surface area contributed by atoms with Gasteiger partial charge in [-0.2, -0.15) is 13.5 Å². The van der Waals surface area contributed by atoms with Crippen LogP contribution in [0.25, 0.3) is 0 Å². The van der Waals surface area contributed by atoms with Crippen LogP contribution in [-0.2, 0) is 30.8 Å². The van der Waals surface area contributed by atoms with Crippen molar-refractivity contribution in [3.05, 3.63) is 17.7 Å². The van der Waals surface area contributed by atoms with Crippen molar-refractivity contribution in [3.8, 4) is 0 Å². The number of nitrogens with one attached hydrogen (secondary N) is 1. The fourth-order valence-electron chi connectivity index (χ4n) is 3.72. The Morgan fingerprint density at radius 1 is 1.43 bits per heavy atom. The third-order valence-corrected chi connectivity index (χ3v) is 5.27. The minimum absolute atomic E-state index is 0.00325. The van der Waals surface area contributed by atoms with Crippen molar-refractivity contribution in [1.29, 1.82) is 0 Å². The summed E-state index contributed by atoms with van der Waals surface area (Å²) in [6.07, 6.45) is 1.53. The topological polar surface area (TPSA) is 147 Å². The van der Waals surface area contributed by atoms with Gasteiger partial charge in [-0.1, -0.05) is 0 Å². The van der Waals surface area contributed by atoms with Crippen molar-refractivity contribution in [2.45, 2.75) is 25.6 Å². The predicted molar refractivity (Wildman–Crippen MR) is 90.5 cm³/mol. The second-order valence-corrected chi connectivity index (χ2v) is 7.56. The van der Waals surface area contributed by atoms with Gasteiger partial charge in [-0.05, 0) is 6.92 Å². The fourth-order valence-corrected chi connectivity index (χ4v) is 4.09. The van der Waals surface area contributed by atoms with Gasteiger partial charge in [0.1, 0.15) is 6.04 Å². The predicted octanol–water partition coefficient (Wildman–Crippen LogP) is -1.17. The first-order valence-corrected chi connectivity index (χ1v) is 10.1. The molecular weight excluding hydrogens is 396 g/mol. The highest BCUT2D eigenvalue weighted by Crippen LogP contribution is 2.43. The molecule has 4 heterocycles. The van der Waals surface area contributed by atoms with Crippen molar-refractivity contribution in [2.75, 3.05) is 32.8 Å². The number of hydroxylamine groups is 2. The molecule has 1 unspecified atom stereocenters. The lowest BCUT2D eigenvalue weighted by Crippen LogP contribution is -2.53. The van der Waals surface area contributed by atoms with Gasteiger partial charge < -0.3 is 14.2 Å². The molecule has 1 aromatic heterocycles. The third-order valence-electron chi connectivity index (χ3n) is 4.92. The first-order chi connectivity index (χ1) is 13.3. The lowest BCUT2D eigenvalue weighted by atomic mass is 10.0. The van der Waals surface area contributed by atoms with Crippen molar-refractivity contribution < 1.29 is 31.6 Å². The maximum atomic E-state index is 13.1. The van der Waals surface area contributed by atoms with E-state index in [1.807, 2.05) is 6.92 Å². The fraction of sp³-hybridized carbons (Fsp3) is 0.643. The number of carbonyl (C=O) groups excluding carboxylic acids is 2. The van der Waals surface area contributed by atoms with Crippen molar-refractivity contribution in [2.24, 2.45) is 0 Å². The number of imidazole rings is 1. The minimum Gasteiger partial charge on any atom is -0.379 e. The molecule has 3 aliphatic heterocycles. The van der Waals surface area contributed by atoms with Gasteiger partial charge in [0.05, 0.1) is 37.5 Å². The van der Waals surface area contributed by atoms with E-state index in [1.54, 1.807) is 9.58 Å². The second kappa shape index (κ2) is 6.97. The van der Waals surface area contributed by atoms with Crippen LogP contribution in [0.1, 0.15) is 30.4 Å². The molecule has 0 spiro atoms. The summed E-state index contributed by atoms with van der Waals surface area (Å²) >= 11 is 0. The van der Waals surface area contributed by atoms with Crippen molar-refractivity contribution >= 4 is 22.3 Å². The third kappa shape index (κ3) is 3.22. The molecule has 0 saturated carbocycles. The van der Waals surface area contributed by atoms with E-state index in [0.717, 1.165) is 0 Å². The molecule has 2 atom stereocenters. The van der Waals surface area contributed by atoms with Gasteiger partial charge >= 0.3 is 16.4 Å². The van der Waals surface area contributed by atoms with E-state index >= 15 is 0 Å². The van der Waals surface area contributed by atoms with E-state index in [9.17, 15) is 18.0 Å². The Morgan fingerprint density at radius 2 is 2.14 bits per heavy atom. The van der Waals surface area contributed by atoms with Gasteiger partial charge in [0.25, 0.3) is 5.91 Å². The number of aryl methyl sites for hydroxylation is 1. The number of ether oxygens (including phenoxy) is 1. The number of rotatable bonds is 5. The largest absolute Gasteiger partial charge is 0.418 e. The summed E-state index contributed by atoms with van der Waals surface area (Å²) in [6, 6.07) is -2.71. The number of aromatic nitrogens is 2. The molecule has 3 amide bonds. The normalized spacial score (nSPS) is 25.1. The van der Waals surface area contributed by atoms with Gasteiger partial charge in [-0.15, -0.1) is 4.28 Å². The zero-order chi connectivity index (χ0) is 20.1. The Labute approximate surface area is 160 Å². The molecule has 2 bridgehead atoms. The van der Waals surface area contributed by atoms with Gasteiger partial charge in [-0.25, -0.2) is 14.8 Å². The molecule has 2 fully saturated rings. The van der Waals surface area contributed by atoms with E-state index in [2.05, 4.69) is 14.7 Å². The minimum atomic E-state index is -4.92. The van der Waals surface area contributed by atoms with Crippen LogP contribution < -0.4 is 5.43 Å². The van der Waals surface area contributed by atoms with Crippen LogP contribution in [0.5, 0.6) is 0 Å². The molecule has 0 aromatic carbocycles. The molecule has 13 nitrogen and oxygen atoms in total. The number of amides is 3. The van der Waals surface area contributed by atoms with Gasteiger partial charge in [0.2, 0.25) is 0 Å². The number of hydrazine groups is 1. The van der Waals surface area contributed by atoms with Crippen LogP contribution in [-0.4, -0.2) is 82.3 Å². The molecular formula is C14H20N6O7S. The number of hydrogen-bond acceptors (Lipinski definition) is 8. The Morgan fingerprint density at radius 3 is 2.79 bits per heavy atom. The molecule has 28 heavy (non-hydrogen) atoms. The number of morpholine rings is 1. The zero-order valence-electron chi connectivity index (χ0n) is 15.0. The van der Waals surface area contributed by atoms with E-state index < -0.39 is 34.4 Å². The molecule has 154 valence electrons. The summed E-state index contributed by atoms with van der Waals surface area (Å²) < 4.78 is 42.8. The number of fused-ring (bicyclic) bond motifs is 4. The second-order valence-electron chi connectivity index (χ2n) is 6.56.